The zero-order valence-electron chi connectivity index (χ0n) is 17.6. The van der Waals surface area contributed by atoms with E-state index in [4.69, 9.17) is 22.3 Å². The predicted octanol–water partition coefficient (Wildman–Crippen LogP) is 6.01. The number of fused-ring (bicyclic) bond motifs is 1. The summed E-state index contributed by atoms with van der Waals surface area (Å²) in [5, 5.41) is 5.68. The second-order valence-electron chi connectivity index (χ2n) is 7.89. The van der Waals surface area contributed by atoms with Crippen LogP contribution in [0.5, 0.6) is 0 Å². The molecule has 1 aliphatic heterocycles. The highest BCUT2D eigenvalue weighted by atomic mass is 32.2. The van der Waals surface area contributed by atoms with Gasteiger partial charge in [-0.05, 0) is 36.3 Å². The summed E-state index contributed by atoms with van der Waals surface area (Å²) in [6.07, 6.45) is 3.85. The van der Waals surface area contributed by atoms with E-state index in [9.17, 15) is 4.79 Å². The Bertz CT molecular complexity index is 1320. The number of thiocarbonyl (C=S) groups is 1. The fourth-order valence-electron chi connectivity index (χ4n) is 3.51. The normalized spacial score (nSPS) is 15.6. The van der Waals surface area contributed by atoms with Crippen LogP contribution in [0.15, 0.2) is 65.7 Å². The van der Waals surface area contributed by atoms with Gasteiger partial charge < -0.3 is 0 Å². The number of thioether (sulfide) groups is 1. The van der Waals surface area contributed by atoms with Crippen molar-refractivity contribution in [1.82, 2.24) is 19.7 Å². The van der Waals surface area contributed by atoms with E-state index in [1.165, 1.54) is 11.8 Å². The van der Waals surface area contributed by atoms with Gasteiger partial charge in [0.2, 0.25) is 0 Å². The molecule has 3 heterocycles. The first-order valence-electron chi connectivity index (χ1n) is 10.3. The molecule has 0 N–H and O–H groups in total. The van der Waals surface area contributed by atoms with E-state index in [2.05, 4.69) is 19.9 Å². The van der Waals surface area contributed by atoms with Crippen LogP contribution in [0.1, 0.15) is 19.4 Å². The largest absolute Gasteiger partial charge is 0.293 e. The highest BCUT2D eigenvalue weighted by Gasteiger charge is 2.32. The van der Waals surface area contributed by atoms with E-state index >= 15 is 0 Å². The number of nitrogens with zero attached hydrogens (tertiary/aromatic N) is 4. The van der Waals surface area contributed by atoms with Crippen molar-refractivity contribution in [3.05, 3.63) is 71.3 Å². The molecular weight excluding hydrogens is 456 g/mol. The zero-order valence-corrected chi connectivity index (χ0v) is 20.0. The molecule has 0 atom stereocenters. The van der Waals surface area contributed by atoms with Crippen molar-refractivity contribution in [3.8, 4) is 16.4 Å². The summed E-state index contributed by atoms with van der Waals surface area (Å²) in [6.45, 7) is 4.78. The van der Waals surface area contributed by atoms with Gasteiger partial charge in [-0.3, -0.25) is 9.69 Å². The summed E-state index contributed by atoms with van der Waals surface area (Å²) in [6, 6.07) is 18.0. The Morgan fingerprint density at radius 3 is 2.59 bits per heavy atom. The van der Waals surface area contributed by atoms with Crippen molar-refractivity contribution >= 4 is 61.8 Å². The van der Waals surface area contributed by atoms with Crippen molar-refractivity contribution in [2.75, 3.05) is 6.54 Å². The third-order valence-electron chi connectivity index (χ3n) is 4.97. The molecule has 2 aromatic carbocycles. The summed E-state index contributed by atoms with van der Waals surface area (Å²) in [4.78, 5) is 20.1. The number of carbonyl (C=O) groups is 1. The average molecular weight is 477 g/mol. The van der Waals surface area contributed by atoms with Gasteiger partial charge in [-0.2, -0.15) is 5.10 Å². The second-order valence-corrected chi connectivity index (χ2v) is 10.6. The van der Waals surface area contributed by atoms with Gasteiger partial charge in [-0.25, -0.2) is 9.67 Å². The minimum Gasteiger partial charge on any atom is -0.293 e. The number of carbonyl (C=O) groups excluding carboxylic acids is 1. The Labute approximate surface area is 199 Å². The van der Waals surface area contributed by atoms with Gasteiger partial charge in [0.1, 0.15) is 15.0 Å². The molecule has 1 amide bonds. The molecule has 1 saturated heterocycles. The number of amides is 1. The molecule has 0 saturated carbocycles. The van der Waals surface area contributed by atoms with Crippen molar-refractivity contribution < 1.29 is 4.79 Å². The Morgan fingerprint density at radius 1 is 1.09 bits per heavy atom. The molecule has 1 aliphatic rings. The van der Waals surface area contributed by atoms with Crippen LogP contribution in [0.3, 0.4) is 0 Å². The van der Waals surface area contributed by atoms with E-state index in [-0.39, 0.29) is 5.91 Å². The number of para-hydroxylation sites is 2. The molecule has 4 aromatic rings. The first-order chi connectivity index (χ1) is 15.5. The van der Waals surface area contributed by atoms with Crippen molar-refractivity contribution in [1.29, 1.82) is 0 Å². The SMILES string of the molecule is CC(C)CN1C(=O)/C(=C/c2cn(-c3ccccc3)nc2-c2nc3ccccc3s2)SC1=S. The van der Waals surface area contributed by atoms with Crippen LogP contribution in [0.4, 0.5) is 0 Å². The average Bonchev–Trinajstić information content (AvgIpc) is 3.46. The first kappa shape index (κ1) is 21.1. The molecule has 5 nitrogen and oxygen atoms in total. The smallest absolute Gasteiger partial charge is 0.266 e. The van der Waals surface area contributed by atoms with Crippen LogP contribution < -0.4 is 0 Å². The topological polar surface area (TPSA) is 51.0 Å². The van der Waals surface area contributed by atoms with Crippen LogP contribution in [0.25, 0.3) is 32.7 Å². The highest BCUT2D eigenvalue weighted by Crippen LogP contribution is 2.37. The van der Waals surface area contributed by atoms with E-state index in [0.29, 0.717) is 21.7 Å². The Kier molecular flexibility index (Phi) is 5.67. The number of aromatic nitrogens is 3. The van der Waals surface area contributed by atoms with Crippen LogP contribution in [-0.2, 0) is 4.79 Å². The fourth-order valence-corrected chi connectivity index (χ4v) is 5.75. The van der Waals surface area contributed by atoms with Gasteiger partial charge in [-0.15, -0.1) is 11.3 Å². The summed E-state index contributed by atoms with van der Waals surface area (Å²) in [5.41, 5.74) is 3.49. The first-order valence-corrected chi connectivity index (χ1v) is 12.3. The third kappa shape index (κ3) is 4.01. The standard InChI is InChI=1S/C24H20N4OS3/c1-15(2)13-27-23(29)20(32-24(27)30)12-16-14-28(17-8-4-3-5-9-17)26-21(16)22-25-18-10-6-7-11-19(18)31-22/h3-12,14-15H,13H2,1-2H3/b20-12-. The van der Waals surface area contributed by atoms with Crippen molar-refractivity contribution in [2.45, 2.75) is 13.8 Å². The Hall–Kier alpha value is -2.81. The van der Waals surface area contributed by atoms with Crippen molar-refractivity contribution in [2.24, 2.45) is 5.92 Å². The lowest BCUT2D eigenvalue weighted by Crippen LogP contribution is -2.31. The fraction of sp³-hybridized carbons (Fsp3) is 0.167. The second kappa shape index (κ2) is 8.61. The van der Waals surface area contributed by atoms with Crippen molar-refractivity contribution in [3.63, 3.8) is 0 Å². The molecule has 1 fully saturated rings. The summed E-state index contributed by atoms with van der Waals surface area (Å²) in [7, 11) is 0. The Morgan fingerprint density at radius 2 is 1.84 bits per heavy atom. The molecule has 0 unspecified atom stereocenters. The van der Waals surface area contributed by atoms with Crippen LogP contribution >= 0.6 is 35.3 Å². The number of hydrogen-bond acceptors (Lipinski definition) is 6. The highest BCUT2D eigenvalue weighted by molar-refractivity contribution is 8.26. The maximum Gasteiger partial charge on any atom is 0.266 e. The maximum atomic E-state index is 13.0. The van der Waals surface area contributed by atoms with Crippen LogP contribution in [-0.4, -0.2) is 36.4 Å². The van der Waals surface area contributed by atoms with Gasteiger partial charge in [-0.1, -0.05) is 68.2 Å². The van der Waals surface area contributed by atoms with Gasteiger partial charge in [0.05, 0.1) is 20.8 Å². The molecule has 0 bridgehead atoms. The lowest BCUT2D eigenvalue weighted by molar-refractivity contribution is -0.122. The molecular formula is C24H20N4OS3. The molecule has 0 aliphatic carbocycles. The lowest BCUT2D eigenvalue weighted by Gasteiger charge is -2.16. The zero-order chi connectivity index (χ0) is 22.2. The van der Waals surface area contributed by atoms with E-state index in [1.807, 2.05) is 65.5 Å². The number of thiazole rings is 1. The number of hydrogen-bond donors (Lipinski definition) is 0. The lowest BCUT2D eigenvalue weighted by atomic mass is 10.2. The van der Waals surface area contributed by atoms with Gasteiger partial charge >= 0.3 is 0 Å². The summed E-state index contributed by atoms with van der Waals surface area (Å²) in [5.74, 6) is 0.299. The van der Waals surface area contributed by atoms with Gasteiger partial charge in [0, 0.05) is 18.3 Å². The number of rotatable bonds is 5. The molecule has 32 heavy (non-hydrogen) atoms. The molecule has 0 spiro atoms. The monoisotopic (exact) mass is 476 g/mol. The van der Waals surface area contributed by atoms with Gasteiger partial charge in [0.25, 0.3) is 5.91 Å². The minimum atomic E-state index is -0.0450. The third-order valence-corrected chi connectivity index (χ3v) is 7.39. The molecule has 5 rings (SSSR count). The van der Waals surface area contributed by atoms with Crippen LogP contribution in [0.2, 0.25) is 0 Å². The number of benzene rings is 2. The molecule has 160 valence electrons. The summed E-state index contributed by atoms with van der Waals surface area (Å²) >= 11 is 8.42. The van der Waals surface area contributed by atoms with Gasteiger partial charge in [0.15, 0.2) is 0 Å². The van der Waals surface area contributed by atoms with Crippen LogP contribution in [0, 0.1) is 5.92 Å². The maximum absolute atomic E-state index is 13.0. The molecule has 0 radical (unpaired) electrons. The van der Waals surface area contributed by atoms with E-state index < -0.39 is 0 Å². The van der Waals surface area contributed by atoms with E-state index in [0.717, 1.165) is 32.2 Å². The Balaban J connectivity index is 1.61. The molecule has 2 aromatic heterocycles. The quantitative estimate of drug-likeness (QED) is 0.261. The minimum absolute atomic E-state index is 0.0450. The predicted molar refractivity (Wildman–Crippen MR) is 137 cm³/mol. The summed E-state index contributed by atoms with van der Waals surface area (Å²) < 4.78 is 3.54. The molecule has 8 heteroatoms. The van der Waals surface area contributed by atoms with E-state index in [1.54, 1.807) is 16.2 Å².